The Kier molecular flexibility index (Phi) is 5.31. The van der Waals surface area contributed by atoms with E-state index < -0.39 is 11.5 Å². The number of H-pyrrole nitrogens is 1. The first-order valence-corrected chi connectivity index (χ1v) is 6.96. The number of nitrogens with one attached hydrogen (secondary N) is 3. The summed E-state index contributed by atoms with van der Waals surface area (Å²) in [7, 11) is 0. The predicted molar refractivity (Wildman–Crippen MR) is 82.3 cm³/mol. The van der Waals surface area contributed by atoms with E-state index >= 15 is 0 Å². The predicted octanol–water partition coefficient (Wildman–Crippen LogP) is 0.826. The Labute approximate surface area is 126 Å². The first-order valence-electron chi connectivity index (χ1n) is 6.96. The maximum Gasteiger partial charge on any atom is 0.319 e. The number of carbonyl (C=O) groups excluding carboxylic acids is 1. The maximum atomic E-state index is 12.3. The molecular formula is C14H18N4O4. The third-order valence-corrected chi connectivity index (χ3v) is 2.86. The highest BCUT2D eigenvalue weighted by atomic mass is 16.5. The van der Waals surface area contributed by atoms with Crippen LogP contribution in [0.25, 0.3) is 11.0 Å². The molecule has 0 saturated carbocycles. The van der Waals surface area contributed by atoms with Crippen LogP contribution in [-0.4, -0.2) is 40.9 Å². The number of amides is 2. The summed E-state index contributed by atoms with van der Waals surface area (Å²) in [5, 5.41) is 13.6. The molecule has 0 saturated heterocycles. The fourth-order valence-electron chi connectivity index (χ4n) is 1.84. The van der Waals surface area contributed by atoms with E-state index in [0.29, 0.717) is 31.0 Å². The second-order valence-electron chi connectivity index (χ2n) is 4.47. The van der Waals surface area contributed by atoms with Gasteiger partial charge in [0.25, 0.3) is 0 Å². The minimum atomic E-state index is -0.515. The SMILES string of the molecule is CCOc1ccc2[nH]cc(NC(=O)NCCCO)c(=O)c2n1. The van der Waals surface area contributed by atoms with Crippen molar-refractivity contribution in [2.45, 2.75) is 13.3 Å². The minimum absolute atomic E-state index is 0.0129. The van der Waals surface area contributed by atoms with Crippen molar-refractivity contribution in [3.8, 4) is 5.88 Å². The number of anilines is 1. The van der Waals surface area contributed by atoms with E-state index in [4.69, 9.17) is 9.84 Å². The number of aliphatic hydroxyl groups is 1. The van der Waals surface area contributed by atoms with Crippen molar-refractivity contribution in [3.63, 3.8) is 0 Å². The highest BCUT2D eigenvalue weighted by Gasteiger charge is 2.10. The van der Waals surface area contributed by atoms with Gasteiger partial charge in [-0.05, 0) is 19.4 Å². The molecule has 0 atom stereocenters. The number of rotatable bonds is 6. The fourth-order valence-corrected chi connectivity index (χ4v) is 1.84. The zero-order valence-electron chi connectivity index (χ0n) is 12.2. The second-order valence-corrected chi connectivity index (χ2v) is 4.47. The lowest BCUT2D eigenvalue weighted by Gasteiger charge is -2.08. The van der Waals surface area contributed by atoms with Crippen molar-refractivity contribution in [1.29, 1.82) is 0 Å². The van der Waals surface area contributed by atoms with Gasteiger partial charge in [0.1, 0.15) is 11.2 Å². The molecule has 2 rings (SSSR count). The highest BCUT2D eigenvalue weighted by molar-refractivity contribution is 5.91. The van der Waals surface area contributed by atoms with Gasteiger partial charge < -0.3 is 25.5 Å². The molecule has 4 N–H and O–H groups in total. The van der Waals surface area contributed by atoms with Crippen molar-refractivity contribution in [1.82, 2.24) is 15.3 Å². The van der Waals surface area contributed by atoms with Gasteiger partial charge in [-0.2, -0.15) is 0 Å². The minimum Gasteiger partial charge on any atom is -0.478 e. The number of fused-ring (bicyclic) bond motifs is 1. The molecule has 0 radical (unpaired) electrons. The van der Waals surface area contributed by atoms with E-state index in [2.05, 4.69) is 20.6 Å². The van der Waals surface area contributed by atoms with Gasteiger partial charge in [0.2, 0.25) is 11.3 Å². The Balaban J connectivity index is 2.22. The van der Waals surface area contributed by atoms with Gasteiger partial charge >= 0.3 is 6.03 Å². The Morgan fingerprint density at radius 2 is 2.27 bits per heavy atom. The third-order valence-electron chi connectivity index (χ3n) is 2.86. The monoisotopic (exact) mass is 306 g/mol. The molecule has 0 fully saturated rings. The number of nitrogens with zero attached hydrogens (tertiary/aromatic N) is 1. The molecule has 8 nitrogen and oxygen atoms in total. The van der Waals surface area contributed by atoms with Crippen LogP contribution in [0.1, 0.15) is 13.3 Å². The van der Waals surface area contributed by atoms with Gasteiger partial charge in [0.05, 0.1) is 12.1 Å². The second kappa shape index (κ2) is 7.41. The average molecular weight is 306 g/mol. The van der Waals surface area contributed by atoms with Crippen LogP contribution in [-0.2, 0) is 0 Å². The molecule has 2 amide bonds. The Morgan fingerprint density at radius 1 is 1.45 bits per heavy atom. The van der Waals surface area contributed by atoms with Crippen LogP contribution in [0.5, 0.6) is 5.88 Å². The van der Waals surface area contributed by atoms with E-state index in [0.717, 1.165) is 0 Å². The van der Waals surface area contributed by atoms with E-state index in [-0.39, 0.29) is 17.8 Å². The number of hydrogen-bond acceptors (Lipinski definition) is 5. The van der Waals surface area contributed by atoms with Crippen LogP contribution in [0.2, 0.25) is 0 Å². The number of aliphatic hydroxyl groups excluding tert-OH is 1. The molecule has 8 heteroatoms. The quantitative estimate of drug-likeness (QED) is 0.590. The van der Waals surface area contributed by atoms with Gasteiger partial charge in [-0.3, -0.25) is 4.79 Å². The molecule has 0 aliphatic carbocycles. The van der Waals surface area contributed by atoms with Crippen LogP contribution in [0.15, 0.2) is 23.1 Å². The first-order chi connectivity index (χ1) is 10.7. The molecule has 2 aromatic heterocycles. The molecule has 0 aliphatic heterocycles. The molecule has 0 aliphatic rings. The highest BCUT2D eigenvalue weighted by Crippen LogP contribution is 2.13. The van der Waals surface area contributed by atoms with Gasteiger partial charge in [-0.25, -0.2) is 9.78 Å². The lowest BCUT2D eigenvalue weighted by Crippen LogP contribution is -2.31. The molecule has 118 valence electrons. The summed E-state index contributed by atoms with van der Waals surface area (Å²) in [6.07, 6.45) is 1.86. The summed E-state index contributed by atoms with van der Waals surface area (Å²) in [5.74, 6) is 0.352. The number of aromatic nitrogens is 2. The van der Waals surface area contributed by atoms with Crippen molar-refractivity contribution < 1.29 is 14.6 Å². The third kappa shape index (κ3) is 3.73. The Hall–Kier alpha value is -2.61. The van der Waals surface area contributed by atoms with Crippen molar-refractivity contribution in [3.05, 3.63) is 28.6 Å². The zero-order valence-corrected chi connectivity index (χ0v) is 12.2. The smallest absolute Gasteiger partial charge is 0.319 e. The summed E-state index contributed by atoms with van der Waals surface area (Å²) in [4.78, 5) is 31.0. The molecule has 0 unspecified atom stereocenters. The summed E-state index contributed by atoms with van der Waals surface area (Å²) in [5.41, 5.74) is 0.446. The number of carbonyl (C=O) groups is 1. The Morgan fingerprint density at radius 3 is 3.00 bits per heavy atom. The van der Waals surface area contributed by atoms with Crippen LogP contribution >= 0.6 is 0 Å². The van der Waals surface area contributed by atoms with Crippen LogP contribution in [0.3, 0.4) is 0 Å². The molecule has 0 aromatic carbocycles. The summed E-state index contributed by atoms with van der Waals surface area (Å²) < 4.78 is 5.27. The number of urea groups is 1. The van der Waals surface area contributed by atoms with Crippen LogP contribution in [0, 0.1) is 0 Å². The number of pyridine rings is 2. The van der Waals surface area contributed by atoms with Crippen LogP contribution < -0.4 is 20.8 Å². The summed E-state index contributed by atoms with van der Waals surface area (Å²) in [6, 6.07) is 2.84. The van der Waals surface area contributed by atoms with E-state index in [1.165, 1.54) is 6.20 Å². The van der Waals surface area contributed by atoms with Gasteiger partial charge in [-0.1, -0.05) is 0 Å². The van der Waals surface area contributed by atoms with E-state index in [1.807, 2.05) is 6.92 Å². The van der Waals surface area contributed by atoms with Gasteiger partial charge in [0, 0.05) is 25.4 Å². The summed E-state index contributed by atoms with van der Waals surface area (Å²) >= 11 is 0. The van der Waals surface area contributed by atoms with Gasteiger partial charge in [0.15, 0.2) is 0 Å². The van der Waals surface area contributed by atoms with Crippen molar-refractivity contribution in [2.75, 3.05) is 25.1 Å². The molecule has 0 bridgehead atoms. The first kappa shape index (κ1) is 15.8. The average Bonchev–Trinajstić information content (AvgIpc) is 2.51. The molecule has 22 heavy (non-hydrogen) atoms. The zero-order chi connectivity index (χ0) is 15.9. The van der Waals surface area contributed by atoms with Gasteiger partial charge in [-0.15, -0.1) is 0 Å². The fraction of sp³-hybridized carbons (Fsp3) is 0.357. The molecule has 0 spiro atoms. The lowest BCUT2D eigenvalue weighted by atomic mass is 10.3. The largest absolute Gasteiger partial charge is 0.478 e. The van der Waals surface area contributed by atoms with E-state index in [1.54, 1.807) is 12.1 Å². The number of ether oxygens (including phenoxy) is 1. The summed E-state index contributed by atoms with van der Waals surface area (Å²) in [6.45, 7) is 2.58. The molecular weight excluding hydrogens is 288 g/mol. The number of aromatic amines is 1. The lowest BCUT2D eigenvalue weighted by molar-refractivity contribution is 0.249. The van der Waals surface area contributed by atoms with Crippen molar-refractivity contribution in [2.24, 2.45) is 0 Å². The standard InChI is InChI=1S/C14H18N4O4/c1-2-22-11-5-4-9-12(18-11)13(20)10(8-16-9)17-14(21)15-6-3-7-19/h4-5,8,19H,2-3,6-7H2,1H3,(H,16,20)(H2,15,17,21). The Bertz CT molecular complexity index is 714. The molecule has 2 aromatic rings. The normalized spacial score (nSPS) is 10.5. The topological polar surface area (TPSA) is 116 Å². The molecule has 2 heterocycles. The van der Waals surface area contributed by atoms with Crippen molar-refractivity contribution >= 4 is 22.8 Å². The van der Waals surface area contributed by atoms with E-state index in [9.17, 15) is 9.59 Å². The van der Waals surface area contributed by atoms with Crippen LogP contribution in [0.4, 0.5) is 10.5 Å². The number of hydrogen-bond donors (Lipinski definition) is 4. The maximum absolute atomic E-state index is 12.3.